The fourth-order valence-electron chi connectivity index (χ4n) is 6.47. The van der Waals surface area contributed by atoms with Gasteiger partial charge in [0.25, 0.3) is 5.91 Å². The predicted octanol–water partition coefficient (Wildman–Crippen LogP) is 4.89. The van der Waals surface area contributed by atoms with E-state index in [1.807, 2.05) is 30.3 Å². The number of morpholine rings is 1. The number of rotatable bonds is 5. The van der Waals surface area contributed by atoms with Crippen LogP contribution in [0.15, 0.2) is 42.5 Å². The molecule has 0 unspecified atom stereocenters. The number of benzene rings is 2. The maximum absolute atomic E-state index is 14.3. The van der Waals surface area contributed by atoms with E-state index in [0.717, 1.165) is 110 Å². The molecular formula is C31H35N3O5. The minimum Gasteiger partial charge on any atom is -0.454 e. The van der Waals surface area contributed by atoms with E-state index in [1.54, 1.807) is 0 Å². The monoisotopic (exact) mass is 529 g/mol. The number of likely N-dealkylation sites (tertiary alicyclic amines) is 1. The summed E-state index contributed by atoms with van der Waals surface area (Å²) in [6.45, 7) is 5.63. The molecule has 0 aliphatic carbocycles. The van der Waals surface area contributed by atoms with Crippen molar-refractivity contribution in [1.82, 2.24) is 9.88 Å². The third-order valence-corrected chi connectivity index (χ3v) is 8.65. The molecule has 3 saturated heterocycles. The van der Waals surface area contributed by atoms with Crippen LogP contribution in [0.4, 0.5) is 5.82 Å². The molecule has 5 heterocycles. The van der Waals surface area contributed by atoms with E-state index in [9.17, 15) is 4.79 Å². The third kappa shape index (κ3) is 4.92. The Bertz CT molecular complexity index is 1370. The van der Waals surface area contributed by atoms with Gasteiger partial charge in [0.1, 0.15) is 5.82 Å². The Kier molecular flexibility index (Phi) is 6.74. The summed E-state index contributed by atoms with van der Waals surface area (Å²) in [7, 11) is 0. The van der Waals surface area contributed by atoms with Gasteiger partial charge in [0.15, 0.2) is 11.5 Å². The summed E-state index contributed by atoms with van der Waals surface area (Å²) in [5, 5.41) is 0.892. The summed E-state index contributed by atoms with van der Waals surface area (Å²) >= 11 is 0. The topological polar surface area (TPSA) is 73.4 Å². The summed E-state index contributed by atoms with van der Waals surface area (Å²) in [6.07, 6.45) is 5.39. The number of carbonyl (C=O) groups excluding carboxylic acids is 1. The van der Waals surface area contributed by atoms with Crippen molar-refractivity contribution in [3.8, 4) is 22.6 Å². The lowest BCUT2D eigenvalue weighted by atomic mass is 9.91. The normalized spacial score (nSPS) is 21.6. The van der Waals surface area contributed by atoms with Crippen LogP contribution in [0.5, 0.6) is 11.5 Å². The van der Waals surface area contributed by atoms with Gasteiger partial charge in [-0.25, -0.2) is 4.98 Å². The number of ether oxygens (including phenoxy) is 4. The fraction of sp³-hybridized carbons (Fsp3) is 0.484. The van der Waals surface area contributed by atoms with Crippen LogP contribution in [0, 0.1) is 5.92 Å². The minimum absolute atomic E-state index is 0.120. The highest BCUT2D eigenvalue weighted by atomic mass is 16.7. The maximum Gasteiger partial charge on any atom is 0.254 e. The lowest BCUT2D eigenvalue weighted by Gasteiger charge is -2.31. The van der Waals surface area contributed by atoms with Gasteiger partial charge < -0.3 is 28.7 Å². The molecule has 4 aliphatic rings. The van der Waals surface area contributed by atoms with Crippen LogP contribution in [0.2, 0.25) is 0 Å². The van der Waals surface area contributed by atoms with Crippen molar-refractivity contribution in [3.63, 3.8) is 0 Å². The van der Waals surface area contributed by atoms with Crippen molar-refractivity contribution in [2.45, 2.75) is 38.1 Å². The molecule has 0 radical (unpaired) electrons. The van der Waals surface area contributed by atoms with Crippen molar-refractivity contribution >= 4 is 22.6 Å². The van der Waals surface area contributed by atoms with E-state index in [-0.39, 0.29) is 18.7 Å². The van der Waals surface area contributed by atoms with E-state index < -0.39 is 0 Å². The average molecular weight is 530 g/mol. The molecule has 0 spiro atoms. The SMILES string of the molecule is O=C(c1cc(N2CCOCC2)nc2ccc(-c3ccc4c(c3)OCO4)cc12)N1CCC[C@H]1CC1CCOCC1. The number of amides is 1. The zero-order valence-electron chi connectivity index (χ0n) is 22.3. The molecule has 1 aromatic heterocycles. The number of nitrogens with zero attached hydrogens (tertiary/aromatic N) is 3. The zero-order valence-corrected chi connectivity index (χ0v) is 22.3. The molecule has 0 N–H and O–H groups in total. The van der Waals surface area contributed by atoms with Gasteiger partial charge in [-0.05, 0) is 79.5 Å². The van der Waals surface area contributed by atoms with Gasteiger partial charge in [-0.3, -0.25) is 4.79 Å². The summed E-state index contributed by atoms with van der Waals surface area (Å²) in [5.41, 5.74) is 3.63. The number of pyridine rings is 1. The van der Waals surface area contributed by atoms with Crippen molar-refractivity contribution in [2.24, 2.45) is 5.92 Å². The largest absolute Gasteiger partial charge is 0.454 e. The number of hydrogen-bond acceptors (Lipinski definition) is 7. The van der Waals surface area contributed by atoms with Gasteiger partial charge in [-0.15, -0.1) is 0 Å². The molecule has 39 heavy (non-hydrogen) atoms. The molecule has 7 rings (SSSR count). The van der Waals surface area contributed by atoms with E-state index in [4.69, 9.17) is 23.9 Å². The molecule has 204 valence electrons. The van der Waals surface area contributed by atoms with Crippen molar-refractivity contribution in [3.05, 3.63) is 48.0 Å². The van der Waals surface area contributed by atoms with Crippen LogP contribution < -0.4 is 14.4 Å². The fourth-order valence-corrected chi connectivity index (χ4v) is 6.47. The van der Waals surface area contributed by atoms with Gasteiger partial charge in [-0.2, -0.15) is 0 Å². The first-order chi connectivity index (χ1) is 19.2. The Morgan fingerprint density at radius 3 is 2.49 bits per heavy atom. The van der Waals surface area contributed by atoms with Gasteiger partial charge in [0.05, 0.1) is 24.3 Å². The van der Waals surface area contributed by atoms with Crippen LogP contribution in [0.25, 0.3) is 22.0 Å². The van der Waals surface area contributed by atoms with E-state index in [0.29, 0.717) is 19.1 Å². The van der Waals surface area contributed by atoms with Gasteiger partial charge in [0, 0.05) is 44.3 Å². The number of aromatic nitrogens is 1. The molecule has 1 amide bonds. The van der Waals surface area contributed by atoms with Crippen LogP contribution in [-0.2, 0) is 9.47 Å². The predicted molar refractivity (Wildman–Crippen MR) is 149 cm³/mol. The molecule has 3 fully saturated rings. The summed E-state index contributed by atoms with van der Waals surface area (Å²) in [6, 6.07) is 14.5. The second kappa shape index (κ2) is 10.7. The quantitative estimate of drug-likeness (QED) is 0.466. The Labute approximate surface area is 228 Å². The van der Waals surface area contributed by atoms with E-state index >= 15 is 0 Å². The highest BCUT2D eigenvalue weighted by Gasteiger charge is 2.33. The number of fused-ring (bicyclic) bond motifs is 2. The van der Waals surface area contributed by atoms with Crippen LogP contribution in [0.1, 0.15) is 42.5 Å². The zero-order chi connectivity index (χ0) is 26.2. The molecule has 0 saturated carbocycles. The number of hydrogen-bond donors (Lipinski definition) is 0. The van der Waals surface area contributed by atoms with Crippen LogP contribution in [0.3, 0.4) is 0 Å². The molecule has 1 atom stereocenters. The summed E-state index contributed by atoms with van der Waals surface area (Å²) in [4.78, 5) is 23.7. The van der Waals surface area contributed by atoms with Crippen molar-refractivity contribution in [2.75, 3.05) is 57.8 Å². The van der Waals surface area contributed by atoms with Crippen LogP contribution in [-0.4, -0.2) is 74.7 Å². The minimum atomic E-state index is 0.120. The Morgan fingerprint density at radius 2 is 1.62 bits per heavy atom. The lowest BCUT2D eigenvalue weighted by Crippen LogP contribution is -2.38. The Morgan fingerprint density at radius 1 is 0.846 bits per heavy atom. The Hall–Kier alpha value is -3.36. The van der Waals surface area contributed by atoms with Crippen molar-refractivity contribution < 1.29 is 23.7 Å². The number of anilines is 1. The first-order valence-corrected chi connectivity index (χ1v) is 14.3. The first kappa shape index (κ1) is 24.7. The highest BCUT2D eigenvalue weighted by Crippen LogP contribution is 2.38. The van der Waals surface area contributed by atoms with Gasteiger partial charge in [-0.1, -0.05) is 12.1 Å². The molecule has 8 nitrogen and oxygen atoms in total. The highest BCUT2D eigenvalue weighted by molar-refractivity contribution is 6.08. The average Bonchev–Trinajstić information content (AvgIpc) is 3.66. The lowest BCUT2D eigenvalue weighted by molar-refractivity contribution is 0.0509. The van der Waals surface area contributed by atoms with Crippen LogP contribution >= 0.6 is 0 Å². The summed E-state index contributed by atoms with van der Waals surface area (Å²) in [5.74, 6) is 3.11. The first-order valence-electron chi connectivity index (χ1n) is 14.3. The Balaban J connectivity index is 1.27. The van der Waals surface area contributed by atoms with Gasteiger partial charge >= 0.3 is 0 Å². The molecule has 2 aromatic carbocycles. The second-order valence-electron chi connectivity index (χ2n) is 11.0. The standard InChI is InChI=1S/C31H35N3O5/c35-31(34-9-1-2-24(34)16-21-7-12-36-13-8-21)26-19-30(33-10-14-37-15-11-33)32-27-5-3-22(17-25(26)27)23-4-6-28-29(18-23)39-20-38-28/h3-6,17-19,21,24H,1-2,7-16,20H2/t24-/m0/s1. The molecular weight excluding hydrogens is 494 g/mol. The third-order valence-electron chi connectivity index (χ3n) is 8.65. The molecule has 8 heteroatoms. The number of carbonyl (C=O) groups is 1. The maximum atomic E-state index is 14.3. The molecule has 4 aliphatic heterocycles. The van der Waals surface area contributed by atoms with Crippen molar-refractivity contribution in [1.29, 1.82) is 0 Å². The summed E-state index contributed by atoms with van der Waals surface area (Å²) < 4.78 is 22.3. The molecule has 0 bridgehead atoms. The van der Waals surface area contributed by atoms with Gasteiger partial charge in [0.2, 0.25) is 6.79 Å². The van der Waals surface area contributed by atoms with E-state index in [1.165, 1.54) is 0 Å². The molecule has 3 aromatic rings. The van der Waals surface area contributed by atoms with E-state index in [2.05, 4.69) is 21.9 Å². The second-order valence-corrected chi connectivity index (χ2v) is 11.0. The smallest absolute Gasteiger partial charge is 0.254 e.